The fourth-order valence-corrected chi connectivity index (χ4v) is 4.67. The summed E-state index contributed by atoms with van der Waals surface area (Å²) in [6.45, 7) is 4.63. The van der Waals surface area contributed by atoms with Crippen molar-refractivity contribution in [1.82, 2.24) is 10.6 Å². The van der Waals surface area contributed by atoms with Gasteiger partial charge in [0, 0.05) is 38.3 Å². The van der Waals surface area contributed by atoms with Crippen LogP contribution in [0.3, 0.4) is 0 Å². The van der Waals surface area contributed by atoms with Crippen molar-refractivity contribution in [3.63, 3.8) is 0 Å². The average molecular weight is 562 g/mol. The first-order chi connectivity index (χ1) is 15.7. The van der Waals surface area contributed by atoms with E-state index in [9.17, 15) is 4.79 Å². The first-order valence-corrected chi connectivity index (χ1v) is 11.7. The summed E-state index contributed by atoms with van der Waals surface area (Å²) in [5.74, 6) is 1.07. The first kappa shape index (κ1) is 25.5. The highest BCUT2D eigenvalue weighted by atomic mass is 127. The third-order valence-corrected chi connectivity index (χ3v) is 6.42. The predicted octanol–water partition coefficient (Wildman–Crippen LogP) is 4.23. The van der Waals surface area contributed by atoms with E-state index < -0.39 is 0 Å². The molecular weight excluding hydrogens is 527 g/mol. The molecule has 1 amide bonds. The van der Waals surface area contributed by atoms with Crippen molar-refractivity contribution in [2.45, 2.75) is 38.7 Å². The Hall–Kier alpha value is -2.13. The summed E-state index contributed by atoms with van der Waals surface area (Å²) < 4.78 is 6.13. The number of hydrogen-bond acceptors (Lipinski definition) is 3. The van der Waals surface area contributed by atoms with Crippen LogP contribution >= 0.6 is 24.0 Å². The van der Waals surface area contributed by atoms with Gasteiger partial charge in [0.15, 0.2) is 5.96 Å². The second kappa shape index (κ2) is 12.4. The van der Waals surface area contributed by atoms with E-state index in [0.29, 0.717) is 11.9 Å². The fourth-order valence-electron chi connectivity index (χ4n) is 4.67. The molecule has 2 aromatic rings. The Morgan fingerprint density at radius 2 is 1.91 bits per heavy atom. The molecule has 0 aromatic heterocycles. The number of ether oxygens (including phenoxy) is 1. The van der Waals surface area contributed by atoms with Gasteiger partial charge in [0.05, 0.1) is 12.6 Å². The molecule has 0 bridgehead atoms. The highest BCUT2D eigenvalue weighted by Crippen LogP contribution is 2.33. The molecule has 178 valence electrons. The number of rotatable bonds is 5. The molecule has 33 heavy (non-hydrogen) atoms. The lowest BCUT2D eigenvalue weighted by atomic mass is 9.89. The maximum absolute atomic E-state index is 12.9. The molecular formula is C26H35IN4O2. The molecule has 2 unspecified atom stereocenters. The molecule has 1 fully saturated rings. The van der Waals surface area contributed by atoms with Crippen molar-refractivity contribution in [2.75, 3.05) is 38.2 Å². The highest BCUT2D eigenvalue weighted by Gasteiger charge is 2.28. The monoisotopic (exact) mass is 562 g/mol. The van der Waals surface area contributed by atoms with Gasteiger partial charge in [-0.05, 0) is 49.8 Å². The second-order valence-electron chi connectivity index (χ2n) is 8.69. The molecule has 1 saturated heterocycles. The number of nitrogens with zero attached hydrogens (tertiary/aromatic N) is 2. The smallest absolute Gasteiger partial charge is 0.246 e. The molecule has 7 heteroatoms. The van der Waals surface area contributed by atoms with Gasteiger partial charge in [0.2, 0.25) is 5.91 Å². The van der Waals surface area contributed by atoms with Crippen molar-refractivity contribution in [2.24, 2.45) is 10.9 Å². The van der Waals surface area contributed by atoms with Gasteiger partial charge in [-0.2, -0.15) is 0 Å². The zero-order chi connectivity index (χ0) is 22.3. The minimum Gasteiger partial charge on any atom is -0.373 e. The number of anilines is 1. The van der Waals surface area contributed by atoms with E-state index in [1.165, 1.54) is 16.7 Å². The lowest BCUT2D eigenvalue weighted by Crippen LogP contribution is -2.47. The zero-order valence-electron chi connectivity index (χ0n) is 19.5. The lowest BCUT2D eigenvalue weighted by Gasteiger charge is -2.33. The number of carbonyl (C=O) groups excluding carboxylic acids is 1. The molecule has 2 aliphatic heterocycles. The SMILES string of the molecule is CN=C(NCC(=O)N1CCCc2ccccc21)NCC1CCCOC1c1ccc(C)cc1.I. The van der Waals surface area contributed by atoms with Gasteiger partial charge >= 0.3 is 0 Å². The molecule has 6 nitrogen and oxygen atoms in total. The van der Waals surface area contributed by atoms with Crippen LogP contribution in [0.1, 0.15) is 42.1 Å². The van der Waals surface area contributed by atoms with Crippen molar-refractivity contribution >= 4 is 41.5 Å². The van der Waals surface area contributed by atoms with Gasteiger partial charge in [-0.15, -0.1) is 24.0 Å². The van der Waals surface area contributed by atoms with Crippen LogP contribution < -0.4 is 15.5 Å². The summed E-state index contributed by atoms with van der Waals surface area (Å²) in [6.07, 6.45) is 4.28. The molecule has 2 aliphatic rings. The van der Waals surface area contributed by atoms with Crippen LogP contribution in [-0.2, 0) is 16.0 Å². The van der Waals surface area contributed by atoms with Crippen molar-refractivity contribution in [3.8, 4) is 0 Å². The van der Waals surface area contributed by atoms with Gasteiger partial charge in [-0.1, -0.05) is 48.0 Å². The van der Waals surface area contributed by atoms with E-state index in [4.69, 9.17) is 4.74 Å². The molecule has 0 radical (unpaired) electrons. The maximum Gasteiger partial charge on any atom is 0.246 e. The van der Waals surface area contributed by atoms with E-state index in [1.807, 2.05) is 23.1 Å². The lowest BCUT2D eigenvalue weighted by molar-refractivity contribution is -0.117. The van der Waals surface area contributed by atoms with Gasteiger partial charge in [-0.3, -0.25) is 9.79 Å². The topological polar surface area (TPSA) is 66.0 Å². The standard InChI is InChI=1S/C26H34N4O2.HI/c1-19-11-13-21(14-12-19)25-22(9-6-16-32-25)17-28-26(27-2)29-18-24(31)30-15-5-8-20-7-3-4-10-23(20)30;/h3-4,7,10-14,22,25H,5-6,8-9,15-18H2,1-2H3,(H2,27,28,29);1H. The third-order valence-electron chi connectivity index (χ3n) is 6.42. The number of aliphatic imine (C=N–C) groups is 1. The molecule has 2 heterocycles. The van der Waals surface area contributed by atoms with E-state index in [-0.39, 0.29) is 42.5 Å². The number of nitrogens with one attached hydrogen (secondary N) is 2. The molecule has 0 aliphatic carbocycles. The van der Waals surface area contributed by atoms with Crippen LogP contribution in [0, 0.1) is 12.8 Å². The van der Waals surface area contributed by atoms with Gasteiger partial charge in [0.25, 0.3) is 0 Å². The Labute approximate surface area is 214 Å². The van der Waals surface area contributed by atoms with E-state index >= 15 is 0 Å². The number of fused-ring (bicyclic) bond motifs is 1. The quantitative estimate of drug-likeness (QED) is 0.326. The number of hydrogen-bond donors (Lipinski definition) is 2. The van der Waals surface area contributed by atoms with Crippen LogP contribution in [0.25, 0.3) is 0 Å². The molecule has 4 rings (SSSR count). The van der Waals surface area contributed by atoms with Crippen LogP contribution in [0.5, 0.6) is 0 Å². The number of amides is 1. The summed E-state index contributed by atoms with van der Waals surface area (Å²) in [6, 6.07) is 16.8. The number of guanidine groups is 1. The van der Waals surface area contributed by atoms with Crippen LogP contribution in [0.4, 0.5) is 5.69 Å². The maximum atomic E-state index is 12.9. The summed E-state index contributed by atoms with van der Waals surface area (Å²) in [5, 5.41) is 6.62. The number of para-hydroxylation sites is 1. The second-order valence-corrected chi connectivity index (χ2v) is 8.69. The summed E-state index contributed by atoms with van der Waals surface area (Å²) in [7, 11) is 1.74. The van der Waals surface area contributed by atoms with Gasteiger partial charge in [-0.25, -0.2) is 0 Å². The predicted molar refractivity (Wildman–Crippen MR) is 144 cm³/mol. The minimum atomic E-state index is 0. The van der Waals surface area contributed by atoms with Crippen LogP contribution in [0.2, 0.25) is 0 Å². The molecule has 2 aromatic carbocycles. The molecule has 0 spiro atoms. The van der Waals surface area contributed by atoms with Gasteiger partial charge in [0.1, 0.15) is 0 Å². The molecule has 2 atom stereocenters. The number of aryl methyl sites for hydroxylation is 2. The third kappa shape index (κ3) is 6.47. The normalized spacial score (nSPS) is 20.4. The molecule has 2 N–H and O–H groups in total. The molecule has 0 saturated carbocycles. The van der Waals surface area contributed by atoms with Crippen molar-refractivity contribution < 1.29 is 9.53 Å². The largest absolute Gasteiger partial charge is 0.373 e. The van der Waals surface area contributed by atoms with Crippen molar-refractivity contribution in [1.29, 1.82) is 0 Å². The van der Waals surface area contributed by atoms with Gasteiger partial charge < -0.3 is 20.3 Å². The first-order valence-electron chi connectivity index (χ1n) is 11.7. The Morgan fingerprint density at radius 3 is 2.70 bits per heavy atom. The fraction of sp³-hybridized carbons (Fsp3) is 0.462. The van der Waals surface area contributed by atoms with Crippen LogP contribution in [-0.4, -0.2) is 45.2 Å². The zero-order valence-corrected chi connectivity index (χ0v) is 21.9. The highest BCUT2D eigenvalue weighted by molar-refractivity contribution is 14.0. The van der Waals surface area contributed by atoms with E-state index in [1.54, 1.807) is 7.05 Å². The van der Waals surface area contributed by atoms with Crippen LogP contribution in [0.15, 0.2) is 53.5 Å². The summed E-state index contributed by atoms with van der Waals surface area (Å²) in [5.41, 5.74) is 4.76. The van der Waals surface area contributed by atoms with Crippen molar-refractivity contribution in [3.05, 3.63) is 65.2 Å². The Kier molecular flexibility index (Phi) is 9.55. The average Bonchev–Trinajstić information content (AvgIpc) is 2.84. The number of benzene rings is 2. The summed E-state index contributed by atoms with van der Waals surface area (Å²) >= 11 is 0. The Bertz CT molecular complexity index is 948. The Morgan fingerprint density at radius 1 is 1.12 bits per heavy atom. The van der Waals surface area contributed by atoms with E-state index in [2.05, 4.69) is 52.9 Å². The number of halogens is 1. The Balaban J connectivity index is 0.00000306. The van der Waals surface area contributed by atoms with E-state index in [0.717, 1.165) is 51.1 Å². The minimum absolute atomic E-state index is 0. The number of carbonyl (C=O) groups is 1. The summed E-state index contributed by atoms with van der Waals surface area (Å²) in [4.78, 5) is 19.1.